The summed E-state index contributed by atoms with van der Waals surface area (Å²) in [6.07, 6.45) is 3.18. The number of hydrogen-bond acceptors (Lipinski definition) is 6. The summed E-state index contributed by atoms with van der Waals surface area (Å²) in [4.78, 5) is 31.7. The Morgan fingerprint density at radius 3 is 2.67 bits per heavy atom. The Morgan fingerprint density at radius 1 is 1.17 bits per heavy atom. The molecular formula is C28H21ClN2O4S. The second-order valence-electron chi connectivity index (χ2n) is 8.06. The average Bonchev–Trinajstić information content (AvgIpc) is 3.47. The Morgan fingerprint density at radius 2 is 1.92 bits per heavy atom. The molecule has 0 saturated heterocycles. The Bertz CT molecular complexity index is 1680. The number of carbonyl (C=O) groups excluding carboxylic acids is 1. The summed E-state index contributed by atoms with van der Waals surface area (Å²) in [5.74, 6) is 0.576. The molecule has 0 bridgehead atoms. The first-order chi connectivity index (χ1) is 17.5. The predicted octanol–water partition coefficient (Wildman–Crippen LogP) is 4.88. The van der Waals surface area contributed by atoms with E-state index in [1.54, 1.807) is 29.7 Å². The second kappa shape index (κ2) is 9.97. The van der Waals surface area contributed by atoms with Gasteiger partial charge in [0.05, 0.1) is 26.9 Å². The minimum absolute atomic E-state index is 0.0633. The van der Waals surface area contributed by atoms with Gasteiger partial charge in [-0.2, -0.15) is 0 Å². The van der Waals surface area contributed by atoms with Crippen LogP contribution in [-0.4, -0.2) is 17.1 Å². The molecule has 0 amide bonds. The molecule has 0 spiro atoms. The van der Waals surface area contributed by atoms with Gasteiger partial charge in [0.15, 0.2) is 4.80 Å². The first-order valence-corrected chi connectivity index (χ1v) is 12.4. The van der Waals surface area contributed by atoms with Crippen molar-refractivity contribution in [1.29, 1.82) is 0 Å². The van der Waals surface area contributed by atoms with E-state index in [1.165, 1.54) is 17.4 Å². The van der Waals surface area contributed by atoms with Crippen LogP contribution in [0.2, 0.25) is 5.02 Å². The molecule has 1 aliphatic rings. The van der Waals surface area contributed by atoms with Crippen molar-refractivity contribution in [3.8, 4) is 11.3 Å². The summed E-state index contributed by atoms with van der Waals surface area (Å²) in [7, 11) is 0. The van der Waals surface area contributed by atoms with Crippen LogP contribution < -0.4 is 14.9 Å². The molecule has 180 valence electrons. The Kier molecular flexibility index (Phi) is 6.59. The highest BCUT2D eigenvalue weighted by Crippen LogP contribution is 2.31. The number of carbonyl (C=O) groups is 1. The first-order valence-electron chi connectivity index (χ1n) is 11.2. The lowest BCUT2D eigenvalue weighted by molar-refractivity contribution is -0.138. The van der Waals surface area contributed by atoms with E-state index in [0.29, 0.717) is 37.1 Å². The number of thiazole rings is 1. The number of allylic oxidation sites excluding steroid dienone is 1. The van der Waals surface area contributed by atoms with E-state index < -0.39 is 12.0 Å². The van der Waals surface area contributed by atoms with Gasteiger partial charge in [0, 0.05) is 11.6 Å². The molecule has 8 heteroatoms. The third-order valence-corrected chi connectivity index (χ3v) is 7.04. The lowest BCUT2D eigenvalue weighted by Gasteiger charge is -2.24. The van der Waals surface area contributed by atoms with E-state index >= 15 is 0 Å². The fourth-order valence-electron chi connectivity index (χ4n) is 4.11. The van der Waals surface area contributed by atoms with Gasteiger partial charge in [0.1, 0.15) is 18.1 Å². The molecule has 0 aliphatic carbocycles. The Labute approximate surface area is 215 Å². The van der Waals surface area contributed by atoms with Crippen molar-refractivity contribution in [3.63, 3.8) is 0 Å². The molecule has 2 aromatic carbocycles. The second-order valence-corrected chi connectivity index (χ2v) is 9.48. The highest BCUT2D eigenvalue weighted by Gasteiger charge is 2.33. The van der Waals surface area contributed by atoms with Gasteiger partial charge in [-0.1, -0.05) is 78.1 Å². The quantitative estimate of drug-likeness (QED) is 0.270. The highest BCUT2D eigenvalue weighted by molar-refractivity contribution is 7.07. The number of hydrogen-bond donors (Lipinski definition) is 0. The van der Waals surface area contributed by atoms with Crippen LogP contribution in [0.5, 0.6) is 0 Å². The molecule has 0 N–H and O–H groups in total. The van der Waals surface area contributed by atoms with Gasteiger partial charge in [-0.25, -0.2) is 9.79 Å². The fraction of sp³-hybridized carbons (Fsp3) is 0.107. The van der Waals surface area contributed by atoms with Crippen molar-refractivity contribution < 1.29 is 13.9 Å². The van der Waals surface area contributed by atoms with Crippen LogP contribution >= 0.6 is 22.9 Å². The third kappa shape index (κ3) is 4.39. The molecule has 0 fully saturated rings. The van der Waals surface area contributed by atoms with E-state index in [4.69, 9.17) is 20.8 Å². The predicted molar refractivity (Wildman–Crippen MR) is 141 cm³/mol. The maximum atomic E-state index is 13.6. The van der Waals surface area contributed by atoms with Crippen molar-refractivity contribution in [2.45, 2.75) is 13.0 Å². The first kappa shape index (κ1) is 23.8. The lowest BCUT2D eigenvalue weighted by atomic mass is 9.96. The van der Waals surface area contributed by atoms with E-state index in [1.807, 2.05) is 54.6 Å². The number of halogens is 1. The van der Waals surface area contributed by atoms with Crippen molar-refractivity contribution in [2.75, 3.05) is 6.61 Å². The Hall–Kier alpha value is -3.94. The number of esters is 1. The van der Waals surface area contributed by atoms with E-state index in [9.17, 15) is 9.59 Å². The minimum Gasteiger partial charge on any atom is -0.458 e. The number of fused-ring (bicyclic) bond motifs is 1. The summed E-state index contributed by atoms with van der Waals surface area (Å²) in [6.45, 7) is 5.42. The number of ether oxygens (including phenoxy) is 1. The normalized spacial score (nSPS) is 15.4. The molecule has 4 aromatic rings. The van der Waals surface area contributed by atoms with Crippen LogP contribution in [0.25, 0.3) is 17.4 Å². The minimum atomic E-state index is -0.669. The smallest absolute Gasteiger partial charge is 0.338 e. The fourth-order valence-corrected chi connectivity index (χ4v) is 5.37. The zero-order valence-corrected chi connectivity index (χ0v) is 20.9. The van der Waals surface area contributed by atoms with Gasteiger partial charge in [-0.3, -0.25) is 9.36 Å². The summed E-state index contributed by atoms with van der Waals surface area (Å²) in [5.41, 5.74) is 2.10. The van der Waals surface area contributed by atoms with Crippen LogP contribution in [0.3, 0.4) is 0 Å². The summed E-state index contributed by atoms with van der Waals surface area (Å²) < 4.78 is 13.3. The molecule has 1 atom stereocenters. The topological polar surface area (TPSA) is 73.8 Å². The number of nitrogens with zero attached hydrogens (tertiary/aromatic N) is 2. The number of benzene rings is 2. The van der Waals surface area contributed by atoms with Crippen molar-refractivity contribution in [2.24, 2.45) is 4.99 Å². The largest absolute Gasteiger partial charge is 0.458 e. The van der Waals surface area contributed by atoms with Gasteiger partial charge < -0.3 is 9.15 Å². The molecule has 0 saturated carbocycles. The Balaban J connectivity index is 1.63. The van der Waals surface area contributed by atoms with Crippen molar-refractivity contribution in [3.05, 3.63) is 127 Å². The van der Waals surface area contributed by atoms with Crippen molar-refractivity contribution in [1.82, 2.24) is 4.57 Å². The van der Waals surface area contributed by atoms with E-state index in [0.717, 1.165) is 11.1 Å². The zero-order valence-electron chi connectivity index (χ0n) is 19.3. The monoisotopic (exact) mass is 516 g/mol. The third-order valence-electron chi connectivity index (χ3n) is 5.73. The number of rotatable bonds is 6. The van der Waals surface area contributed by atoms with Crippen molar-refractivity contribution >= 4 is 35.0 Å². The molecular weight excluding hydrogens is 496 g/mol. The SMILES string of the molecule is C=CCOC(=O)C1=C(C)N=c2s/c(=C/c3ccc(-c4ccccc4Cl)o3)c(=O)n2[C@H]1c1ccccc1. The molecule has 36 heavy (non-hydrogen) atoms. The van der Waals surface area contributed by atoms with E-state index in [-0.39, 0.29) is 12.2 Å². The van der Waals surface area contributed by atoms with Gasteiger partial charge in [-0.15, -0.1) is 0 Å². The van der Waals surface area contributed by atoms with E-state index in [2.05, 4.69) is 11.6 Å². The van der Waals surface area contributed by atoms with Crippen LogP contribution in [0.1, 0.15) is 24.3 Å². The van der Waals surface area contributed by atoms with Crippen LogP contribution in [0.15, 0.2) is 105 Å². The van der Waals surface area contributed by atoms with Gasteiger partial charge in [-0.05, 0) is 36.8 Å². The summed E-state index contributed by atoms with van der Waals surface area (Å²) in [5, 5.41) is 0.576. The van der Waals surface area contributed by atoms with Gasteiger partial charge in [0.25, 0.3) is 5.56 Å². The molecule has 0 unspecified atom stereocenters. The standard InChI is InChI=1S/C28H21ClN2O4S/c1-3-15-34-27(33)24-17(2)30-28-31(25(24)18-9-5-4-6-10-18)26(32)23(36-28)16-19-13-14-22(35-19)20-11-7-8-12-21(20)29/h3-14,16,25H,1,15H2,2H3/b23-16+/t25-/m0/s1. The summed E-state index contributed by atoms with van der Waals surface area (Å²) in [6, 6.07) is 19.7. The molecule has 0 radical (unpaired) electrons. The van der Waals surface area contributed by atoms with Gasteiger partial charge in [0.2, 0.25) is 0 Å². The number of furan rings is 1. The average molecular weight is 517 g/mol. The lowest BCUT2D eigenvalue weighted by Crippen LogP contribution is -2.39. The molecule has 5 rings (SSSR count). The molecule has 3 heterocycles. The van der Waals surface area contributed by atoms with Crippen LogP contribution in [0, 0.1) is 0 Å². The maximum Gasteiger partial charge on any atom is 0.338 e. The van der Waals surface area contributed by atoms with Crippen LogP contribution in [-0.2, 0) is 9.53 Å². The van der Waals surface area contributed by atoms with Gasteiger partial charge >= 0.3 is 5.97 Å². The maximum absolute atomic E-state index is 13.6. The zero-order chi connectivity index (χ0) is 25.2. The van der Waals surface area contributed by atoms with Crippen LogP contribution in [0.4, 0.5) is 0 Å². The molecule has 1 aliphatic heterocycles. The molecule has 2 aromatic heterocycles. The number of aromatic nitrogens is 1. The molecule has 6 nitrogen and oxygen atoms in total. The highest BCUT2D eigenvalue weighted by atomic mass is 35.5. The summed E-state index contributed by atoms with van der Waals surface area (Å²) >= 11 is 7.54.